The van der Waals surface area contributed by atoms with Gasteiger partial charge in [-0.3, -0.25) is 0 Å². The Bertz CT molecular complexity index is 427. The molecule has 0 saturated heterocycles. The van der Waals surface area contributed by atoms with E-state index >= 15 is 0 Å². The maximum Gasteiger partial charge on any atom is 0.340 e. The molecule has 0 aliphatic carbocycles. The summed E-state index contributed by atoms with van der Waals surface area (Å²) >= 11 is 7.99. The summed E-state index contributed by atoms with van der Waals surface area (Å²) in [5, 5.41) is 0.312. The van der Waals surface area contributed by atoms with E-state index < -0.39 is 11.6 Å². The number of benzene rings is 1. The number of rotatable bonds is 1. The highest BCUT2D eigenvalue weighted by Gasteiger charge is 2.20. The molecule has 1 rings (SSSR count). The molecule has 2 N–H and O–H groups in total. The van der Waals surface area contributed by atoms with Crippen LogP contribution in [-0.2, 0) is 4.74 Å². The van der Waals surface area contributed by atoms with Gasteiger partial charge < -0.3 is 10.5 Å². The quantitative estimate of drug-likeness (QED) is 0.478. The molecule has 0 spiro atoms. The number of halogens is 2. The Labute approximate surface area is 113 Å². The average Bonchev–Trinajstić information content (AvgIpc) is 2.08. The first-order valence-electron chi connectivity index (χ1n) is 4.68. The lowest BCUT2D eigenvalue weighted by Gasteiger charge is -2.20. The molecule has 0 heterocycles. The smallest absolute Gasteiger partial charge is 0.340 e. The van der Waals surface area contributed by atoms with Crippen LogP contribution in [0.3, 0.4) is 0 Å². The first-order chi connectivity index (χ1) is 7.20. The van der Waals surface area contributed by atoms with Crippen LogP contribution >= 0.6 is 34.2 Å². The summed E-state index contributed by atoms with van der Waals surface area (Å²) in [4.78, 5) is 11.8. The SMILES string of the molecule is CC(C)(C)OC(=O)c1cc(I)c(N)cc1Cl. The van der Waals surface area contributed by atoms with Crippen LogP contribution in [0.4, 0.5) is 5.69 Å². The third-order valence-electron chi connectivity index (χ3n) is 1.71. The molecule has 0 aliphatic heterocycles. The molecule has 0 aromatic heterocycles. The molecule has 0 fully saturated rings. The van der Waals surface area contributed by atoms with E-state index in [4.69, 9.17) is 22.1 Å². The van der Waals surface area contributed by atoms with Gasteiger partial charge in [-0.1, -0.05) is 11.6 Å². The highest BCUT2D eigenvalue weighted by Crippen LogP contribution is 2.26. The predicted octanol–water partition coefficient (Wildman–Crippen LogP) is 3.48. The lowest BCUT2D eigenvalue weighted by atomic mass is 10.1. The largest absolute Gasteiger partial charge is 0.456 e. The van der Waals surface area contributed by atoms with Crippen molar-refractivity contribution in [3.05, 3.63) is 26.3 Å². The number of carbonyl (C=O) groups is 1. The van der Waals surface area contributed by atoms with Crippen LogP contribution in [0.25, 0.3) is 0 Å². The van der Waals surface area contributed by atoms with Crippen molar-refractivity contribution in [2.24, 2.45) is 0 Å². The van der Waals surface area contributed by atoms with Crippen LogP contribution < -0.4 is 5.73 Å². The van der Waals surface area contributed by atoms with E-state index in [1.165, 1.54) is 0 Å². The van der Waals surface area contributed by atoms with Gasteiger partial charge in [-0.2, -0.15) is 0 Å². The summed E-state index contributed by atoms with van der Waals surface area (Å²) in [5.74, 6) is -0.435. The summed E-state index contributed by atoms with van der Waals surface area (Å²) < 4.78 is 6.01. The van der Waals surface area contributed by atoms with E-state index in [-0.39, 0.29) is 0 Å². The van der Waals surface area contributed by atoms with Crippen LogP contribution in [0.5, 0.6) is 0 Å². The predicted molar refractivity (Wildman–Crippen MR) is 73.7 cm³/mol. The van der Waals surface area contributed by atoms with Crippen molar-refractivity contribution in [1.82, 2.24) is 0 Å². The Balaban J connectivity index is 3.05. The molecule has 0 radical (unpaired) electrons. The maximum absolute atomic E-state index is 11.8. The Kier molecular flexibility index (Phi) is 4.07. The summed E-state index contributed by atoms with van der Waals surface area (Å²) in [6.07, 6.45) is 0. The first-order valence-corrected chi connectivity index (χ1v) is 6.14. The van der Waals surface area contributed by atoms with E-state index in [0.717, 1.165) is 3.57 Å². The first kappa shape index (κ1) is 13.6. The molecule has 88 valence electrons. The molecule has 0 atom stereocenters. The monoisotopic (exact) mass is 353 g/mol. The Morgan fingerprint density at radius 3 is 2.50 bits per heavy atom. The van der Waals surface area contributed by atoms with Crippen LogP contribution in [0, 0.1) is 3.57 Å². The number of hydrogen-bond donors (Lipinski definition) is 1. The zero-order chi connectivity index (χ0) is 12.5. The third kappa shape index (κ3) is 3.52. The summed E-state index contributed by atoms with van der Waals surface area (Å²) in [7, 11) is 0. The van der Waals surface area contributed by atoms with Gasteiger partial charge in [0.2, 0.25) is 0 Å². The van der Waals surface area contributed by atoms with E-state index in [2.05, 4.69) is 0 Å². The molecule has 0 aliphatic rings. The van der Waals surface area contributed by atoms with Gasteiger partial charge in [0.1, 0.15) is 5.60 Å². The number of nitrogens with two attached hydrogens (primary N) is 1. The zero-order valence-corrected chi connectivity index (χ0v) is 12.2. The number of esters is 1. The third-order valence-corrected chi connectivity index (χ3v) is 2.95. The Morgan fingerprint density at radius 2 is 2.00 bits per heavy atom. The molecule has 0 saturated carbocycles. The summed E-state index contributed by atoms with van der Waals surface area (Å²) in [5.41, 5.74) is 6.03. The van der Waals surface area contributed by atoms with Crippen molar-refractivity contribution in [1.29, 1.82) is 0 Å². The molecule has 0 bridgehead atoms. The van der Waals surface area contributed by atoms with E-state index in [1.54, 1.807) is 32.9 Å². The lowest BCUT2D eigenvalue weighted by Crippen LogP contribution is -2.24. The van der Waals surface area contributed by atoms with Crippen molar-refractivity contribution in [3.63, 3.8) is 0 Å². The van der Waals surface area contributed by atoms with Crippen molar-refractivity contribution < 1.29 is 9.53 Å². The van der Waals surface area contributed by atoms with Crippen LogP contribution in [0.1, 0.15) is 31.1 Å². The fraction of sp³-hybridized carbons (Fsp3) is 0.364. The van der Waals surface area contributed by atoms with Gasteiger partial charge >= 0.3 is 5.97 Å². The normalized spacial score (nSPS) is 11.3. The second-order valence-corrected chi connectivity index (χ2v) is 5.92. The van der Waals surface area contributed by atoms with E-state index in [9.17, 15) is 4.79 Å². The van der Waals surface area contributed by atoms with Crippen molar-refractivity contribution in [2.75, 3.05) is 5.73 Å². The van der Waals surface area contributed by atoms with E-state index in [1.807, 2.05) is 22.6 Å². The molecule has 0 unspecified atom stereocenters. The number of ether oxygens (including phenoxy) is 1. The zero-order valence-electron chi connectivity index (χ0n) is 9.30. The summed E-state index contributed by atoms with van der Waals surface area (Å²) in [6, 6.07) is 3.19. The highest BCUT2D eigenvalue weighted by atomic mass is 127. The topological polar surface area (TPSA) is 52.3 Å². The van der Waals surface area contributed by atoms with Crippen LogP contribution in [-0.4, -0.2) is 11.6 Å². The second kappa shape index (κ2) is 4.79. The minimum atomic E-state index is -0.534. The van der Waals surface area contributed by atoms with Crippen molar-refractivity contribution in [2.45, 2.75) is 26.4 Å². The standard InChI is InChI=1S/C11H13ClINO2/c1-11(2,3)16-10(15)6-4-8(13)9(14)5-7(6)12/h4-5H,14H2,1-3H3. The van der Waals surface area contributed by atoms with Crippen LogP contribution in [0.2, 0.25) is 5.02 Å². The Hall–Kier alpha value is -0.490. The van der Waals surface area contributed by atoms with Gasteiger partial charge in [-0.05, 0) is 55.5 Å². The molecule has 1 aromatic carbocycles. The van der Waals surface area contributed by atoms with Gasteiger partial charge in [-0.25, -0.2) is 4.79 Å². The highest BCUT2D eigenvalue weighted by molar-refractivity contribution is 14.1. The molecule has 1 aromatic rings. The summed E-state index contributed by atoms with van der Waals surface area (Å²) in [6.45, 7) is 5.42. The van der Waals surface area contributed by atoms with Gasteiger partial charge in [0.25, 0.3) is 0 Å². The lowest BCUT2D eigenvalue weighted by molar-refractivity contribution is 0.00697. The van der Waals surface area contributed by atoms with Crippen LogP contribution in [0.15, 0.2) is 12.1 Å². The molecule has 5 heteroatoms. The molecular formula is C11H13ClINO2. The number of carbonyl (C=O) groups excluding carboxylic acids is 1. The molecule has 16 heavy (non-hydrogen) atoms. The van der Waals surface area contributed by atoms with Gasteiger partial charge in [0.05, 0.1) is 10.6 Å². The maximum atomic E-state index is 11.8. The van der Waals surface area contributed by atoms with Gasteiger partial charge in [0, 0.05) is 9.26 Å². The fourth-order valence-electron chi connectivity index (χ4n) is 1.05. The molecular weight excluding hydrogens is 340 g/mol. The Morgan fingerprint density at radius 1 is 1.44 bits per heavy atom. The molecule has 0 amide bonds. The number of anilines is 1. The minimum absolute atomic E-state index is 0.312. The fourth-order valence-corrected chi connectivity index (χ4v) is 1.77. The van der Waals surface area contributed by atoms with Crippen molar-refractivity contribution in [3.8, 4) is 0 Å². The van der Waals surface area contributed by atoms with Crippen molar-refractivity contribution >= 4 is 45.8 Å². The van der Waals surface area contributed by atoms with E-state index in [0.29, 0.717) is 16.3 Å². The molecule has 3 nitrogen and oxygen atoms in total. The van der Waals surface area contributed by atoms with Gasteiger partial charge in [-0.15, -0.1) is 0 Å². The average molecular weight is 354 g/mol. The van der Waals surface area contributed by atoms with Gasteiger partial charge in [0.15, 0.2) is 0 Å². The number of nitrogen functional groups attached to an aromatic ring is 1. The second-order valence-electron chi connectivity index (χ2n) is 4.36. The number of hydrogen-bond acceptors (Lipinski definition) is 3. The minimum Gasteiger partial charge on any atom is -0.456 e.